The molecule has 4 heteroatoms. The van der Waals surface area contributed by atoms with Gasteiger partial charge in [-0.05, 0) is 52.0 Å². The largest absolute Gasteiger partial charge is 0.444 e. The fourth-order valence-corrected chi connectivity index (χ4v) is 2.90. The van der Waals surface area contributed by atoms with Crippen LogP contribution in [0.3, 0.4) is 0 Å². The van der Waals surface area contributed by atoms with Gasteiger partial charge >= 0.3 is 6.09 Å². The van der Waals surface area contributed by atoms with Gasteiger partial charge in [-0.1, -0.05) is 37.3 Å². The van der Waals surface area contributed by atoms with E-state index >= 15 is 0 Å². The van der Waals surface area contributed by atoms with E-state index < -0.39 is 5.60 Å². The van der Waals surface area contributed by atoms with Crippen molar-refractivity contribution in [3.8, 4) is 0 Å². The molecular weight excluding hydrogens is 288 g/mol. The van der Waals surface area contributed by atoms with Crippen LogP contribution in [0.5, 0.6) is 0 Å². The predicted molar refractivity (Wildman–Crippen MR) is 93.5 cm³/mol. The summed E-state index contributed by atoms with van der Waals surface area (Å²) < 4.78 is 5.29. The lowest BCUT2D eigenvalue weighted by Gasteiger charge is -2.39. The van der Waals surface area contributed by atoms with Gasteiger partial charge in [0.05, 0.1) is 0 Å². The maximum absolute atomic E-state index is 11.7. The van der Waals surface area contributed by atoms with Crippen molar-refractivity contribution in [2.45, 2.75) is 77.1 Å². The van der Waals surface area contributed by atoms with Crippen molar-refractivity contribution in [1.29, 1.82) is 0 Å². The van der Waals surface area contributed by atoms with Gasteiger partial charge in [0.1, 0.15) is 5.60 Å². The van der Waals surface area contributed by atoms with Crippen LogP contribution in [0.2, 0.25) is 0 Å². The van der Waals surface area contributed by atoms with Crippen molar-refractivity contribution in [2.24, 2.45) is 0 Å². The predicted octanol–water partition coefficient (Wildman–Crippen LogP) is 3.65. The highest BCUT2D eigenvalue weighted by molar-refractivity contribution is 5.68. The smallest absolute Gasteiger partial charge is 0.407 e. The third-order valence-electron chi connectivity index (χ3n) is 4.15. The van der Waals surface area contributed by atoms with Crippen molar-refractivity contribution < 1.29 is 9.53 Å². The summed E-state index contributed by atoms with van der Waals surface area (Å²) in [7, 11) is 0. The zero-order valence-corrected chi connectivity index (χ0v) is 14.8. The van der Waals surface area contributed by atoms with Crippen LogP contribution in [-0.4, -0.2) is 29.8 Å². The molecule has 4 nitrogen and oxygen atoms in total. The molecule has 128 valence electrons. The molecule has 0 radical (unpaired) electrons. The normalized spacial score (nSPS) is 22.1. The molecule has 2 N–H and O–H groups in total. The number of nitrogens with one attached hydrogen (secondary N) is 2. The first kappa shape index (κ1) is 17.8. The minimum atomic E-state index is -0.436. The Morgan fingerprint density at radius 3 is 2.43 bits per heavy atom. The van der Waals surface area contributed by atoms with E-state index in [-0.39, 0.29) is 12.1 Å². The zero-order valence-electron chi connectivity index (χ0n) is 14.8. The molecule has 2 rings (SSSR count). The van der Waals surface area contributed by atoms with E-state index in [2.05, 4.69) is 47.9 Å². The Kier molecular flexibility index (Phi) is 6.05. The first-order valence-corrected chi connectivity index (χ1v) is 8.65. The molecular formula is C19H30N2O2. The number of ether oxygens (including phenoxy) is 1. The van der Waals surface area contributed by atoms with E-state index in [1.54, 1.807) is 0 Å². The third kappa shape index (κ3) is 6.22. The monoisotopic (exact) mass is 318 g/mol. The molecule has 0 aliphatic heterocycles. The summed E-state index contributed by atoms with van der Waals surface area (Å²) in [5.74, 6) is 0. The fourth-order valence-electron chi connectivity index (χ4n) is 2.90. The average Bonchev–Trinajstić information content (AvgIpc) is 2.43. The molecule has 23 heavy (non-hydrogen) atoms. The van der Waals surface area contributed by atoms with Crippen molar-refractivity contribution in [1.82, 2.24) is 10.6 Å². The van der Waals surface area contributed by atoms with Gasteiger partial charge in [0.25, 0.3) is 0 Å². The number of carbonyl (C=O) groups is 1. The molecule has 0 spiro atoms. The van der Waals surface area contributed by atoms with Crippen LogP contribution in [0.4, 0.5) is 4.79 Å². The Morgan fingerprint density at radius 1 is 1.22 bits per heavy atom. The van der Waals surface area contributed by atoms with Crippen molar-refractivity contribution in [3.63, 3.8) is 0 Å². The number of carbonyl (C=O) groups excluding carboxylic acids is 1. The zero-order chi connectivity index (χ0) is 16.9. The molecule has 1 saturated carbocycles. The van der Waals surface area contributed by atoms with Gasteiger partial charge in [0, 0.05) is 18.1 Å². The number of hydrogen-bond donors (Lipinski definition) is 2. The van der Waals surface area contributed by atoms with Gasteiger partial charge < -0.3 is 15.4 Å². The van der Waals surface area contributed by atoms with Gasteiger partial charge in [-0.25, -0.2) is 4.79 Å². The molecule has 1 atom stereocenters. The van der Waals surface area contributed by atoms with Gasteiger partial charge in [-0.15, -0.1) is 0 Å². The molecule has 0 aromatic heterocycles. The average molecular weight is 318 g/mol. The SMILES string of the molecule is CCC(Cc1ccccc1)NC1CC(NC(=O)OC(C)(C)C)C1. The van der Waals surface area contributed by atoms with E-state index in [1.165, 1.54) is 5.56 Å². The number of alkyl carbamates (subject to hydrolysis) is 1. The molecule has 1 aromatic rings. The number of amides is 1. The van der Waals surface area contributed by atoms with E-state index in [9.17, 15) is 4.79 Å². The quantitative estimate of drug-likeness (QED) is 0.841. The maximum Gasteiger partial charge on any atom is 0.407 e. The van der Waals surface area contributed by atoms with Crippen LogP contribution in [0.15, 0.2) is 30.3 Å². The summed E-state index contributed by atoms with van der Waals surface area (Å²) in [5.41, 5.74) is 0.934. The summed E-state index contributed by atoms with van der Waals surface area (Å²) in [6.45, 7) is 7.86. The summed E-state index contributed by atoms with van der Waals surface area (Å²) in [6.07, 6.45) is 3.81. The Morgan fingerprint density at radius 2 is 1.87 bits per heavy atom. The second-order valence-corrected chi connectivity index (χ2v) is 7.47. The molecule has 1 fully saturated rings. The van der Waals surface area contributed by atoms with Gasteiger partial charge in [0.15, 0.2) is 0 Å². The Bertz CT molecular complexity index is 490. The molecule has 0 heterocycles. The molecule has 0 bridgehead atoms. The lowest BCUT2D eigenvalue weighted by atomic mass is 9.85. The number of rotatable bonds is 6. The Balaban J connectivity index is 1.69. The van der Waals surface area contributed by atoms with Crippen molar-refractivity contribution >= 4 is 6.09 Å². The number of benzene rings is 1. The Hall–Kier alpha value is -1.55. The van der Waals surface area contributed by atoms with Crippen LogP contribution in [0.25, 0.3) is 0 Å². The topological polar surface area (TPSA) is 50.4 Å². The van der Waals surface area contributed by atoms with Crippen molar-refractivity contribution in [3.05, 3.63) is 35.9 Å². The molecule has 0 saturated heterocycles. The van der Waals surface area contributed by atoms with Crippen LogP contribution < -0.4 is 10.6 Å². The lowest BCUT2D eigenvalue weighted by molar-refractivity contribution is 0.0463. The van der Waals surface area contributed by atoms with E-state index in [0.29, 0.717) is 12.1 Å². The summed E-state index contributed by atoms with van der Waals surface area (Å²) in [6, 6.07) is 11.8. The van der Waals surface area contributed by atoms with Crippen molar-refractivity contribution in [2.75, 3.05) is 0 Å². The highest BCUT2D eigenvalue weighted by Crippen LogP contribution is 2.22. The second kappa shape index (κ2) is 7.82. The number of hydrogen-bond acceptors (Lipinski definition) is 3. The van der Waals surface area contributed by atoms with Crippen LogP contribution >= 0.6 is 0 Å². The van der Waals surface area contributed by atoms with Gasteiger partial charge in [-0.3, -0.25) is 0 Å². The van der Waals surface area contributed by atoms with Crippen LogP contribution in [0.1, 0.15) is 52.5 Å². The van der Waals surface area contributed by atoms with E-state index in [0.717, 1.165) is 25.7 Å². The van der Waals surface area contributed by atoms with Crippen LogP contribution in [0, 0.1) is 0 Å². The lowest BCUT2D eigenvalue weighted by Crippen LogP contribution is -2.55. The minimum Gasteiger partial charge on any atom is -0.444 e. The molecule has 1 amide bonds. The van der Waals surface area contributed by atoms with Gasteiger partial charge in [-0.2, -0.15) is 0 Å². The highest BCUT2D eigenvalue weighted by atomic mass is 16.6. The van der Waals surface area contributed by atoms with Gasteiger partial charge in [0.2, 0.25) is 0 Å². The third-order valence-corrected chi connectivity index (χ3v) is 4.15. The van der Waals surface area contributed by atoms with E-state index in [1.807, 2.05) is 20.8 Å². The summed E-state index contributed by atoms with van der Waals surface area (Å²) in [5, 5.41) is 6.65. The molecule has 1 aliphatic rings. The first-order valence-electron chi connectivity index (χ1n) is 8.65. The van der Waals surface area contributed by atoms with E-state index in [4.69, 9.17) is 4.74 Å². The standard InChI is InChI=1S/C19H30N2O2/c1-5-15(11-14-9-7-6-8-10-14)20-16-12-17(13-16)21-18(22)23-19(2,3)4/h6-10,15-17,20H,5,11-13H2,1-4H3,(H,21,22). The second-order valence-electron chi connectivity index (χ2n) is 7.47. The fraction of sp³-hybridized carbons (Fsp3) is 0.632. The maximum atomic E-state index is 11.7. The molecule has 1 unspecified atom stereocenters. The molecule has 1 aromatic carbocycles. The Labute approximate surface area is 140 Å². The molecule has 1 aliphatic carbocycles. The summed E-state index contributed by atoms with van der Waals surface area (Å²) >= 11 is 0. The minimum absolute atomic E-state index is 0.233. The summed E-state index contributed by atoms with van der Waals surface area (Å²) in [4.78, 5) is 11.7. The first-order chi connectivity index (χ1) is 10.9. The van der Waals surface area contributed by atoms with Crippen LogP contribution in [-0.2, 0) is 11.2 Å². The highest BCUT2D eigenvalue weighted by Gasteiger charge is 2.32.